The molecule has 0 rings (SSSR count). The first-order valence-electron chi connectivity index (χ1n) is 7.77. The number of nitrogens with one attached hydrogen (secondary N) is 2. The molecule has 0 heterocycles. The van der Waals surface area contributed by atoms with Gasteiger partial charge in [-0.1, -0.05) is 5.11 Å². The van der Waals surface area contributed by atoms with Crippen molar-refractivity contribution in [2.75, 3.05) is 19.6 Å². The molecule has 132 valence electrons. The van der Waals surface area contributed by atoms with Crippen molar-refractivity contribution in [3.05, 3.63) is 10.4 Å². The molecular weight excluding hydrogens is 300 g/mol. The molecule has 2 amide bonds. The van der Waals surface area contributed by atoms with Crippen LogP contribution in [0.5, 0.6) is 0 Å². The van der Waals surface area contributed by atoms with Crippen LogP contribution in [0.3, 0.4) is 0 Å². The number of hydrogen-bond donors (Lipinski definition) is 3. The Bertz CT molecular complexity index is 415. The fraction of sp³-hybridized carbons (Fsp3) is 0.857. The second-order valence-electron chi connectivity index (χ2n) is 6.13. The van der Waals surface area contributed by atoms with Crippen molar-refractivity contribution in [1.29, 1.82) is 0 Å². The summed E-state index contributed by atoms with van der Waals surface area (Å²) in [6.45, 7) is 6.67. The van der Waals surface area contributed by atoms with E-state index in [2.05, 4.69) is 20.7 Å². The van der Waals surface area contributed by atoms with E-state index in [1.807, 2.05) is 0 Å². The molecule has 9 heteroatoms. The molecule has 0 saturated carbocycles. The monoisotopic (exact) mass is 328 g/mol. The number of amides is 2. The van der Waals surface area contributed by atoms with E-state index in [-0.39, 0.29) is 5.91 Å². The Morgan fingerprint density at radius 1 is 1.22 bits per heavy atom. The van der Waals surface area contributed by atoms with E-state index >= 15 is 0 Å². The first-order chi connectivity index (χ1) is 10.8. The van der Waals surface area contributed by atoms with Crippen molar-refractivity contribution in [2.24, 2.45) is 10.8 Å². The Kier molecular flexibility index (Phi) is 10.6. The van der Waals surface area contributed by atoms with Crippen LogP contribution in [0.4, 0.5) is 4.79 Å². The molecule has 0 spiro atoms. The molecule has 4 N–H and O–H groups in total. The van der Waals surface area contributed by atoms with E-state index in [1.165, 1.54) is 0 Å². The van der Waals surface area contributed by atoms with Gasteiger partial charge in [0, 0.05) is 24.5 Å². The zero-order valence-corrected chi connectivity index (χ0v) is 14.2. The van der Waals surface area contributed by atoms with Crippen LogP contribution in [-0.2, 0) is 9.53 Å². The summed E-state index contributed by atoms with van der Waals surface area (Å²) in [6, 6.07) is -0.573. The van der Waals surface area contributed by atoms with E-state index in [4.69, 9.17) is 16.0 Å². The van der Waals surface area contributed by atoms with Crippen LogP contribution < -0.4 is 16.4 Å². The smallest absolute Gasteiger partial charge is 0.407 e. The van der Waals surface area contributed by atoms with Gasteiger partial charge in [-0.2, -0.15) is 0 Å². The van der Waals surface area contributed by atoms with Crippen LogP contribution in [0.1, 0.15) is 46.5 Å². The van der Waals surface area contributed by atoms with Gasteiger partial charge in [0.15, 0.2) is 0 Å². The molecule has 0 unspecified atom stereocenters. The number of ether oxygens (including phenoxy) is 1. The van der Waals surface area contributed by atoms with E-state index < -0.39 is 17.7 Å². The Morgan fingerprint density at radius 3 is 2.48 bits per heavy atom. The average molecular weight is 328 g/mol. The third-order valence-electron chi connectivity index (χ3n) is 2.74. The third-order valence-corrected chi connectivity index (χ3v) is 2.74. The van der Waals surface area contributed by atoms with Crippen molar-refractivity contribution < 1.29 is 14.3 Å². The second kappa shape index (κ2) is 11.6. The standard InChI is InChI=1S/C14H28N6O3/c1-14(2,3)23-13(22)18-8-5-4-7-11(15)12(21)17-9-6-10-19-20-16/h11H,4-10,15H2,1-3H3,(H,17,21)(H,18,22)/t11-/m0/s1. The molecule has 9 nitrogen and oxygen atoms in total. The maximum Gasteiger partial charge on any atom is 0.407 e. The number of unbranched alkanes of at least 4 members (excludes halogenated alkanes) is 1. The van der Waals surface area contributed by atoms with E-state index in [9.17, 15) is 9.59 Å². The quantitative estimate of drug-likeness (QED) is 0.243. The van der Waals surface area contributed by atoms with E-state index in [1.54, 1.807) is 20.8 Å². The molecule has 0 fully saturated rings. The van der Waals surface area contributed by atoms with Crippen molar-refractivity contribution in [1.82, 2.24) is 10.6 Å². The minimum Gasteiger partial charge on any atom is -0.444 e. The van der Waals surface area contributed by atoms with Crippen molar-refractivity contribution in [3.8, 4) is 0 Å². The maximum absolute atomic E-state index is 11.7. The zero-order chi connectivity index (χ0) is 17.7. The first-order valence-corrected chi connectivity index (χ1v) is 7.77. The second-order valence-corrected chi connectivity index (χ2v) is 6.13. The van der Waals surface area contributed by atoms with Gasteiger partial charge in [0.25, 0.3) is 0 Å². The molecule has 1 atom stereocenters. The van der Waals surface area contributed by atoms with Gasteiger partial charge in [-0.25, -0.2) is 4.79 Å². The molecule has 23 heavy (non-hydrogen) atoms. The number of azide groups is 1. The minimum absolute atomic E-state index is 0.217. The summed E-state index contributed by atoms with van der Waals surface area (Å²) in [6.07, 6.45) is 2.13. The zero-order valence-electron chi connectivity index (χ0n) is 14.2. The fourth-order valence-corrected chi connectivity index (χ4v) is 1.66. The van der Waals surface area contributed by atoms with Gasteiger partial charge in [0.05, 0.1) is 6.04 Å². The Labute approximate surface area is 136 Å². The molecule has 0 bridgehead atoms. The molecule has 0 aromatic heterocycles. The average Bonchev–Trinajstić information content (AvgIpc) is 2.44. The summed E-state index contributed by atoms with van der Waals surface area (Å²) in [4.78, 5) is 25.7. The van der Waals surface area contributed by atoms with E-state index in [0.29, 0.717) is 32.5 Å². The lowest BCUT2D eigenvalue weighted by Gasteiger charge is -2.19. The SMILES string of the molecule is CC(C)(C)OC(=O)NCCCC[C@H](N)C(=O)NCCCN=[N+]=[N-]. The molecule has 0 aliphatic heterocycles. The largest absolute Gasteiger partial charge is 0.444 e. The van der Waals surface area contributed by atoms with Crippen molar-refractivity contribution in [2.45, 2.75) is 58.1 Å². The van der Waals surface area contributed by atoms with Gasteiger partial charge in [-0.15, -0.1) is 0 Å². The summed E-state index contributed by atoms with van der Waals surface area (Å²) in [7, 11) is 0. The fourth-order valence-electron chi connectivity index (χ4n) is 1.66. The van der Waals surface area contributed by atoms with Gasteiger partial charge >= 0.3 is 6.09 Å². The highest BCUT2D eigenvalue weighted by atomic mass is 16.6. The predicted molar refractivity (Wildman–Crippen MR) is 87.7 cm³/mol. The van der Waals surface area contributed by atoms with E-state index in [0.717, 1.165) is 12.8 Å². The van der Waals surface area contributed by atoms with Crippen LogP contribution in [0.25, 0.3) is 10.4 Å². The molecule has 0 aromatic carbocycles. The lowest BCUT2D eigenvalue weighted by atomic mass is 10.1. The number of carbonyl (C=O) groups is 2. The number of nitrogens with zero attached hydrogens (tertiary/aromatic N) is 3. The molecule has 0 radical (unpaired) electrons. The first kappa shape index (κ1) is 21.0. The molecule has 0 aliphatic rings. The summed E-state index contributed by atoms with van der Waals surface area (Å²) >= 11 is 0. The number of rotatable bonds is 10. The van der Waals surface area contributed by atoms with Crippen LogP contribution >= 0.6 is 0 Å². The van der Waals surface area contributed by atoms with Crippen LogP contribution in [0.15, 0.2) is 5.11 Å². The summed E-state index contributed by atoms with van der Waals surface area (Å²) in [5.74, 6) is -0.217. The van der Waals surface area contributed by atoms with Crippen molar-refractivity contribution >= 4 is 12.0 Å². The molecule has 0 aliphatic carbocycles. The van der Waals surface area contributed by atoms with Gasteiger partial charge in [0.1, 0.15) is 5.60 Å². The summed E-state index contributed by atoms with van der Waals surface area (Å²) in [5, 5.41) is 8.72. The Hall–Kier alpha value is -1.99. The number of nitrogens with two attached hydrogens (primary N) is 1. The normalized spacial score (nSPS) is 12.0. The highest BCUT2D eigenvalue weighted by Crippen LogP contribution is 2.06. The number of alkyl carbamates (subject to hydrolysis) is 1. The minimum atomic E-state index is -0.573. The topological polar surface area (TPSA) is 142 Å². The van der Waals surface area contributed by atoms with Gasteiger partial charge in [-0.3, -0.25) is 4.79 Å². The Morgan fingerprint density at radius 2 is 1.87 bits per heavy atom. The Balaban J connectivity index is 3.65. The van der Waals surface area contributed by atoms with Crippen molar-refractivity contribution in [3.63, 3.8) is 0 Å². The highest BCUT2D eigenvalue weighted by Gasteiger charge is 2.15. The van der Waals surface area contributed by atoms with Crippen LogP contribution in [-0.4, -0.2) is 43.3 Å². The summed E-state index contributed by atoms with van der Waals surface area (Å²) in [5.41, 5.74) is 13.4. The van der Waals surface area contributed by atoms with Crippen LogP contribution in [0, 0.1) is 0 Å². The maximum atomic E-state index is 11.7. The van der Waals surface area contributed by atoms with Crippen LogP contribution in [0.2, 0.25) is 0 Å². The van der Waals surface area contributed by atoms with Gasteiger partial charge in [0.2, 0.25) is 5.91 Å². The third kappa shape index (κ3) is 13.4. The molecule has 0 aromatic rings. The molecule has 0 saturated heterocycles. The molecular formula is C14H28N6O3. The van der Waals surface area contributed by atoms with Gasteiger partial charge in [-0.05, 0) is 52.0 Å². The lowest BCUT2D eigenvalue weighted by Crippen LogP contribution is -2.41. The van der Waals surface area contributed by atoms with Gasteiger partial charge < -0.3 is 21.1 Å². The number of carbonyl (C=O) groups excluding carboxylic acids is 2. The summed E-state index contributed by atoms with van der Waals surface area (Å²) < 4.78 is 5.11. The number of hydrogen-bond acceptors (Lipinski definition) is 5. The predicted octanol–water partition coefficient (Wildman–Crippen LogP) is 1.83. The highest BCUT2D eigenvalue weighted by molar-refractivity contribution is 5.81. The lowest BCUT2D eigenvalue weighted by molar-refractivity contribution is -0.122.